The second-order valence-corrected chi connectivity index (χ2v) is 5.20. The molecule has 0 spiro atoms. The molecule has 2 nitrogen and oxygen atoms in total. The summed E-state index contributed by atoms with van der Waals surface area (Å²) in [5, 5.41) is 3.36. The van der Waals surface area contributed by atoms with E-state index >= 15 is 0 Å². The first-order valence-electron chi connectivity index (χ1n) is 6.45. The maximum atomic E-state index is 12.5. The summed E-state index contributed by atoms with van der Waals surface area (Å²) >= 11 is 0. The van der Waals surface area contributed by atoms with Crippen LogP contribution in [0, 0.1) is 5.92 Å². The Labute approximate surface area is 111 Å². The van der Waals surface area contributed by atoms with Crippen LogP contribution in [0.3, 0.4) is 0 Å². The van der Waals surface area contributed by atoms with Gasteiger partial charge >= 0.3 is 6.36 Å². The third kappa shape index (κ3) is 2.86. The van der Waals surface area contributed by atoms with Gasteiger partial charge in [0.1, 0.15) is 5.75 Å². The Morgan fingerprint density at radius 3 is 2.47 bits per heavy atom. The van der Waals surface area contributed by atoms with Gasteiger partial charge in [0.15, 0.2) is 0 Å². The highest BCUT2D eigenvalue weighted by molar-refractivity contribution is 5.40. The average molecular weight is 273 g/mol. The maximum Gasteiger partial charge on any atom is 0.573 e. The van der Waals surface area contributed by atoms with Crippen LogP contribution in [0.4, 0.5) is 13.2 Å². The third-order valence-corrected chi connectivity index (χ3v) is 3.77. The zero-order chi connectivity index (χ0) is 14.1. The van der Waals surface area contributed by atoms with Crippen LogP contribution in [0.1, 0.15) is 32.3 Å². The van der Waals surface area contributed by atoms with Crippen molar-refractivity contribution < 1.29 is 17.9 Å². The van der Waals surface area contributed by atoms with Crippen molar-refractivity contribution >= 4 is 0 Å². The molecule has 0 saturated carbocycles. The number of hydrogen-bond donors (Lipinski definition) is 1. The predicted molar refractivity (Wildman–Crippen MR) is 66.9 cm³/mol. The topological polar surface area (TPSA) is 21.3 Å². The number of rotatable bonds is 3. The van der Waals surface area contributed by atoms with E-state index in [-0.39, 0.29) is 11.7 Å². The van der Waals surface area contributed by atoms with Gasteiger partial charge in [-0.15, -0.1) is 13.2 Å². The summed E-state index contributed by atoms with van der Waals surface area (Å²) in [6, 6.07) is 6.42. The zero-order valence-electron chi connectivity index (χ0n) is 11.1. The molecule has 1 aromatic carbocycles. The van der Waals surface area contributed by atoms with Crippen LogP contribution in [0.15, 0.2) is 24.3 Å². The molecule has 1 heterocycles. The normalized spacial score (nSPS) is 23.9. The van der Waals surface area contributed by atoms with E-state index < -0.39 is 11.9 Å². The van der Waals surface area contributed by atoms with Gasteiger partial charge in [-0.25, -0.2) is 0 Å². The quantitative estimate of drug-likeness (QED) is 0.904. The first kappa shape index (κ1) is 14.2. The lowest BCUT2D eigenvalue weighted by molar-refractivity contribution is -0.275. The minimum atomic E-state index is -4.66. The van der Waals surface area contributed by atoms with E-state index in [1.165, 1.54) is 6.07 Å². The van der Waals surface area contributed by atoms with Crippen LogP contribution in [-0.2, 0) is 5.54 Å². The molecule has 1 saturated heterocycles. The molecule has 106 valence electrons. The first-order chi connectivity index (χ1) is 8.85. The summed E-state index contributed by atoms with van der Waals surface area (Å²) in [5.74, 6) is 0.0890. The number of nitrogens with one attached hydrogen (secondary N) is 1. The fourth-order valence-corrected chi connectivity index (χ4v) is 2.85. The summed E-state index contributed by atoms with van der Waals surface area (Å²) < 4.78 is 41.7. The van der Waals surface area contributed by atoms with Gasteiger partial charge in [-0.05, 0) is 31.4 Å². The number of ether oxygens (including phenoxy) is 1. The van der Waals surface area contributed by atoms with Crippen LogP contribution in [0.5, 0.6) is 5.75 Å². The van der Waals surface area contributed by atoms with Crippen LogP contribution >= 0.6 is 0 Å². The molecule has 5 heteroatoms. The highest BCUT2D eigenvalue weighted by atomic mass is 19.4. The van der Waals surface area contributed by atoms with E-state index in [0.717, 1.165) is 19.4 Å². The van der Waals surface area contributed by atoms with Gasteiger partial charge in [0.05, 0.1) is 0 Å². The molecule has 0 bridgehead atoms. The van der Waals surface area contributed by atoms with E-state index in [1.54, 1.807) is 18.2 Å². The summed E-state index contributed by atoms with van der Waals surface area (Å²) in [6.45, 7) is 4.85. The molecule has 1 unspecified atom stereocenters. The molecular formula is C14H18F3NO. The molecule has 19 heavy (non-hydrogen) atoms. The van der Waals surface area contributed by atoms with E-state index in [4.69, 9.17) is 0 Å². The Morgan fingerprint density at radius 1 is 1.26 bits per heavy atom. The van der Waals surface area contributed by atoms with Crippen molar-refractivity contribution in [3.63, 3.8) is 0 Å². The van der Waals surface area contributed by atoms with E-state index in [9.17, 15) is 13.2 Å². The number of halogens is 3. The van der Waals surface area contributed by atoms with Gasteiger partial charge in [-0.2, -0.15) is 0 Å². The van der Waals surface area contributed by atoms with Crippen molar-refractivity contribution in [2.75, 3.05) is 6.54 Å². The van der Waals surface area contributed by atoms with Crippen molar-refractivity contribution in [3.05, 3.63) is 29.8 Å². The Morgan fingerprint density at radius 2 is 1.95 bits per heavy atom. The van der Waals surface area contributed by atoms with Crippen LogP contribution in [0.2, 0.25) is 0 Å². The van der Waals surface area contributed by atoms with Crippen molar-refractivity contribution in [1.82, 2.24) is 5.32 Å². The smallest absolute Gasteiger partial charge is 0.405 e. The minimum Gasteiger partial charge on any atom is -0.405 e. The molecule has 1 aromatic rings. The lowest BCUT2D eigenvalue weighted by Gasteiger charge is -2.35. The minimum absolute atomic E-state index is 0.0990. The van der Waals surface area contributed by atoms with Gasteiger partial charge in [-0.3, -0.25) is 0 Å². The largest absolute Gasteiger partial charge is 0.573 e. The van der Waals surface area contributed by atoms with Gasteiger partial charge < -0.3 is 10.1 Å². The summed E-state index contributed by atoms with van der Waals surface area (Å²) in [6.07, 6.45) is -2.88. The average Bonchev–Trinajstić information content (AvgIpc) is 2.77. The molecule has 1 aliphatic heterocycles. The molecule has 1 aliphatic rings. The van der Waals surface area contributed by atoms with Gasteiger partial charge in [-0.1, -0.05) is 32.0 Å². The Balaban J connectivity index is 2.43. The highest BCUT2D eigenvalue weighted by Gasteiger charge is 2.42. The second kappa shape index (κ2) is 5.04. The Hall–Kier alpha value is -1.23. The molecule has 0 radical (unpaired) electrons. The fraction of sp³-hybridized carbons (Fsp3) is 0.571. The number of para-hydroxylation sites is 1. The lowest BCUT2D eigenvalue weighted by atomic mass is 9.78. The molecule has 1 N–H and O–H groups in total. The van der Waals surface area contributed by atoms with Crippen molar-refractivity contribution in [3.8, 4) is 5.75 Å². The van der Waals surface area contributed by atoms with Gasteiger partial charge in [0.2, 0.25) is 0 Å². The van der Waals surface area contributed by atoms with E-state index in [1.807, 2.05) is 13.8 Å². The number of benzene rings is 1. The first-order valence-corrected chi connectivity index (χ1v) is 6.45. The molecule has 0 amide bonds. The third-order valence-electron chi connectivity index (χ3n) is 3.77. The Bertz CT molecular complexity index is 437. The molecular weight excluding hydrogens is 255 g/mol. The highest BCUT2D eigenvalue weighted by Crippen LogP contribution is 2.43. The molecule has 0 aliphatic carbocycles. The van der Waals surface area contributed by atoms with Crippen molar-refractivity contribution in [2.24, 2.45) is 5.92 Å². The summed E-state index contributed by atoms with van der Waals surface area (Å²) in [5.41, 5.74) is 0.168. The fourth-order valence-electron chi connectivity index (χ4n) is 2.85. The molecule has 0 aromatic heterocycles. The molecule has 1 atom stereocenters. The monoisotopic (exact) mass is 273 g/mol. The number of hydrogen-bond acceptors (Lipinski definition) is 2. The maximum absolute atomic E-state index is 12.5. The van der Waals surface area contributed by atoms with Crippen molar-refractivity contribution in [2.45, 2.75) is 38.6 Å². The second-order valence-electron chi connectivity index (χ2n) is 5.20. The van der Waals surface area contributed by atoms with E-state index in [2.05, 4.69) is 10.1 Å². The number of alkyl halides is 3. The zero-order valence-corrected chi connectivity index (χ0v) is 11.1. The van der Waals surface area contributed by atoms with Gasteiger partial charge in [0, 0.05) is 11.1 Å². The molecule has 2 rings (SSSR count). The van der Waals surface area contributed by atoms with Crippen LogP contribution in [-0.4, -0.2) is 12.9 Å². The Kier molecular flexibility index (Phi) is 3.76. The van der Waals surface area contributed by atoms with E-state index in [0.29, 0.717) is 5.56 Å². The summed E-state index contributed by atoms with van der Waals surface area (Å²) in [4.78, 5) is 0. The SMILES string of the molecule is CC(C)C1(c2ccccc2OC(F)(F)F)CCCN1. The predicted octanol–water partition coefficient (Wildman–Crippen LogP) is 3.82. The standard InChI is InChI=1S/C14H18F3NO/c1-10(2)13(8-5-9-18-13)11-6-3-4-7-12(11)19-14(15,16)17/h3-4,6-7,10,18H,5,8-9H2,1-2H3. The van der Waals surface area contributed by atoms with Gasteiger partial charge in [0.25, 0.3) is 0 Å². The summed E-state index contributed by atoms with van der Waals surface area (Å²) in [7, 11) is 0. The van der Waals surface area contributed by atoms with Crippen LogP contribution < -0.4 is 10.1 Å². The van der Waals surface area contributed by atoms with Crippen LogP contribution in [0.25, 0.3) is 0 Å². The molecule has 1 fully saturated rings. The lowest BCUT2D eigenvalue weighted by Crippen LogP contribution is -2.42. The van der Waals surface area contributed by atoms with Crippen molar-refractivity contribution in [1.29, 1.82) is 0 Å².